The number of aromatic nitrogens is 1. The first-order valence-corrected chi connectivity index (χ1v) is 8.20. The summed E-state index contributed by atoms with van der Waals surface area (Å²) in [5, 5.41) is 4.81. The zero-order chi connectivity index (χ0) is 14.0. The topological polar surface area (TPSA) is 28.2 Å². The van der Waals surface area contributed by atoms with Gasteiger partial charge in [0.15, 0.2) is 0 Å². The zero-order valence-electron chi connectivity index (χ0n) is 12.4. The maximum Gasteiger partial charge on any atom is 0.108 e. The molecule has 1 saturated heterocycles. The molecule has 1 aromatic carbocycles. The van der Waals surface area contributed by atoms with Crippen molar-refractivity contribution < 1.29 is 0 Å². The van der Waals surface area contributed by atoms with Gasteiger partial charge in [0.2, 0.25) is 0 Å². The minimum Gasteiger partial charge on any atom is -0.310 e. The van der Waals surface area contributed by atoms with Crippen molar-refractivity contribution in [1.82, 2.24) is 15.2 Å². The number of nitrogens with one attached hydrogen (secondary N) is 1. The molecule has 3 nitrogen and oxygen atoms in total. The normalized spacial score (nSPS) is 19.5. The summed E-state index contributed by atoms with van der Waals surface area (Å²) in [5.74, 6) is 0. The third-order valence-corrected chi connectivity index (χ3v) is 5.40. The molecule has 3 rings (SSSR count). The molecule has 108 valence electrons. The molecule has 1 aliphatic heterocycles. The molecule has 0 unspecified atom stereocenters. The fourth-order valence-corrected chi connectivity index (χ4v) is 3.74. The molecule has 20 heavy (non-hydrogen) atoms. The number of thiazole rings is 1. The van der Waals surface area contributed by atoms with E-state index < -0.39 is 0 Å². The van der Waals surface area contributed by atoms with Gasteiger partial charge in [0, 0.05) is 13.1 Å². The number of likely N-dealkylation sites (tertiary alicyclic amines) is 1. The summed E-state index contributed by atoms with van der Waals surface area (Å²) in [7, 11) is 2.22. The van der Waals surface area contributed by atoms with Gasteiger partial charge in [0.1, 0.15) is 5.01 Å². The van der Waals surface area contributed by atoms with Crippen LogP contribution in [-0.2, 0) is 6.54 Å². The highest BCUT2D eigenvalue weighted by molar-refractivity contribution is 7.18. The van der Waals surface area contributed by atoms with Crippen LogP contribution < -0.4 is 5.32 Å². The van der Waals surface area contributed by atoms with E-state index >= 15 is 0 Å². The Labute approximate surface area is 125 Å². The number of hydrogen-bond acceptors (Lipinski definition) is 4. The van der Waals surface area contributed by atoms with Crippen molar-refractivity contribution in [2.24, 2.45) is 5.41 Å². The van der Waals surface area contributed by atoms with Gasteiger partial charge in [-0.2, -0.15) is 0 Å². The molecule has 1 aromatic heterocycles. The van der Waals surface area contributed by atoms with Crippen molar-refractivity contribution >= 4 is 21.6 Å². The van der Waals surface area contributed by atoms with E-state index in [0.717, 1.165) is 18.6 Å². The molecule has 0 radical (unpaired) electrons. The van der Waals surface area contributed by atoms with Gasteiger partial charge in [-0.3, -0.25) is 0 Å². The Morgan fingerprint density at radius 1 is 1.30 bits per heavy atom. The first-order valence-electron chi connectivity index (χ1n) is 7.38. The maximum absolute atomic E-state index is 4.68. The third kappa shape index (κ3) is 3.19. The van der Waals surface area contributed by atoms with Crippen LogP contribution in [0.1, 0.15) is 24.8 Å². The molecule has 1 aliphatic rings. The number of nitrogens with zero attached hydrogens (tertiary/aromatic N) is 2. The minimum absolute atomic E-state index is 0.448. The van der Waals surface area contributed by atoms with E-state index in [0.29, 0.717) is 5.41 Å². The summed E-state index contributed by atoms with van der Waals surface area (Å²) in [6.45, 7) is 6.84. The molecule has 2 heterocycles. The van der Waals surface area contributed by atoms with Crippen LogP contribution in [0.25, 0.3) is 10.2 Å². The predicted molar refractivity (Wildman–Crippen MR) is 86.2 cm³/mol. The van der Waals surface area contributed by atoms with Crippen LogP contribution in [0.15, 0.2) is 24.3 Å². The monoisotopic (exact) mass is 289 g/mol. The fourth-order valence-electron chi connectivity index (χ4n) is 2.80. The molecule has 0 bridgehead atoms. The molecular weight excluding hydrogens is 266 g/mol. The average molecular weight is 289 g/mol. The molecule has 0 spiro atoms. The quantitative estimate of drug-likeness (QED) is 0.937. The van der Waals surface area contributed by atoms with Gasteiger partial charge in [0.25, 0.3) is 0 Å². The average Bonchev–Trinajstić information content (AvgIpc) is 2.85. The Kier molecular flexibility index (Phi) is 4.06. The third-order valence-electron chi connectivity index (χ3n) is 4.36. The Balaban J connectivity index is 1.54. The van der Waals surface area contributed by atoms with Gasteiger partial charge < -0.3 is 10.2 Å². The van der Waals surface area contributed by atoms with Crippen LogP contribution in [0.4, 0.5) is 0 Å². The molecular formula is C16H23N3S. The van der Waals surface area contributed by atoms with Gasteiger partial charge in [0.05, 0.1) is 10.2 Å². The van der Waals surface area contributed by atoms with E-state index in [4.69, 9.17) is 0 Å². The van der Waals surface area contributed by atoms with Gasteiger partial charge in [-0.1, -0.05) is 19.1 Å². The van der Waals surface area contributed by atoms with Gasteiger partial charge >= 0.3 is 0 Å². The Bertz CT molecular complexity index is 537. The Morgan fingerprint density at radius 2 is 2.05 bits per heavy atom. The molecule has 0 saturated carbocycles. The van der Waals surface area contributed by atoms with E-state index in [2.05, 4.69) is 53.4 Å². The lowest BCUT2D eigenvalue weighted by Gasteiger charge is -2.38. The largest absolute Gasteiger partial charge is 0.310 e. The molecule has 0 aliphatic carbocycles. The Hall–Kier alpha value is -0.970. The van der Waals surface area contributed by atoms with Crippen molar-refractivity contribution in [3.63, 3.8) is 0 Å². The van der Waals surface area contributed by atoms with Crippen molar-refractivity contribution in [3.8, 4) is 0 Å². The number of rotatable bonds is 4. The summed E-state index contributed by atoms with van der Waals surface area (Å²) in [6, 6.07) is 8.37. The summed E-state index contributed by atoms with van der Waals surface area (Å²) in [6.07, 6.45) is 2.58. The SMILES string of the molecule is CN1CCC(C)(CNCc2nc3ccccc3s2)CC1. The predicted octanol–water partition coefficient (Wildman–Crippen LogP) is 3.12. The number of para-hydroxylation sites is 1. The van der Waals surface area contributed by atoms with Crippen molar-refractivity contribution in [2.75, 3.05) is 26.7 Å². The van der Waals surface area contributed by atoms with Crippen molar-refractivity contribution in [2.45, 2.75) is 26.3 Å². The molecule has 0 atom stereocenters. The van der Waals surface area contributed by atoms with E-state index in [9.17, 15) is 0 Å². The summed E-state index contributed by atoms with van der Waals surface area (Å²) >= 11 is 1.80. The van der Waals surface area contributed by atoms with E-state index in [1.807, 2.05) is 0 Å². The maximum atomic E-state index is 4.68. The highest BCUT2D eigenvalue weighted by Crippen LogP contribution is 2.29. The minimum atomic E-state index is 0.448. The van der Waals surface area contributed by atoms with Crippen LogP contribution >= 0.6 is 11.3 Å². The van der Waals surface area contributed by atoms with Gasteiger partial charge in [-0.15, -0.1) is 11.3 Å². The first-order chi connectivity index (χ1) is 9.65. The van der Waals surface area contributed by atoms with Gasteiger partial charge in [-0.05, 0) is 50.5 Å². The van der Waals surface area contributed by atoms with Gasteiger partial charge in [-0.25, -0.2) is 4.98 Å². The molecule has 1 N–H and O–H groups in total. The number of hydrogen-bond donors (Lipinski definition) is 1. The van der Waals surface area contributed by atoms with E-state index in [1.165, 1.54) is 35.6 Å². The second-order valence-corrected chi connectivity index (χ2v) is 7.41. The van der Waals surface area contributed by atoms with E-state index in [-0.39, 0.29) is 0 Å². The zero-order valence-corrected chi connectivity index (χ0v) is 13.2. The number of piperidine rings is 1. The lowest BCUT2D eigenvalue weighted by Crippen LogP contribution is -2.41. The van der Waals surface area contributed by atoms with Crippen LogP contribution in [0.3, 0.4) is 0 Å². The van der Waals surface area contributed by atoms with Crippen LogP contribution in [0.5, 0.6) is 0 Å². The second-order valence-electron chi connectivity index (χ2n) is 6.29. The van der Waals surface area contributed by atoms with Crippen LogP contribution in [0.2, 0.25) is 0 Å². The summed E-state index contributed by atoms with van der Waals surface area (Å²) in [5.41, 5.74) is 1.57. The molecule has 0 amide bonds. The van der Waals surface area contributed by atoms with Crippen molar-refractivity contribution in [3.05, 3.63) is 29.3 Å². The van der Waals surface area contributed by atoms with E-state index in [1.54, 1.807) is 11.3 Å². The fraction of sp³-hybridized carbons (Fsp3) is 0.562. The Morgan fingerprint density at radius 3 is 2.80 bits per heavy atom. The lowest BCUT2D eigenvalue weighted by molar-refractivity contribution is 0.137. The van der Waals surface area contributed by atoms with Crippen LogP contribution in [-0.4, -0.2) is 36.6 Å². The van der Waals surface area contributed by atoms with Crippen LogP contribution in [0, 0.1) is 5.41 Å². The number of benzene rings is 1. The smallest absolute Gasteiger partial charge is 0.108 e. The summed E-state index contributed by atoms with van der Waals surface area (Å²) in [4.78, 5) is 7.10. The van der Waals surface area contributed by atoms with Crippen molar-refractivity contribution in [1.29, 1.82) is 0 Å². The first kappa shape index (κ1) is 14.0. The highest BCUT2D eigenvalue weighted by atomic mass is 32.1. The summed E-state index contributed by atoms with van der Waals surface area (Å²) < 4.78 is 1.29. The second kappa shape index (κ2) is 5.80. The standard InChI is InChI=1S/C16H23N3S/c1-16(7-9-19(2)10-8-16)12-17-11-15-18-13-5-3-4-6-14(13)20-15/h3-6,17H,7-12H2,1-2H3. The molecule has 1 fully saturated rings. The molecule has 4 heteroatoms. The highest BCUT2D eigenvalue weighted by Gasteiger charge is 2.28. The lowest BCUT2D eigenvalue weighted by atomic mass is 9.80. The number of fused-ring (bicyclic) bond motifs is 1. The molecule has 2 aromatic rings.